The third-order valence-corrected chi connectivity index (χ3v) is 7.53. The Balaban J connectivity index is -0.000000237. The van der Waals surface area contributed by atoms with Gasteiger partial charge in [-0.15, -0.1) is 0 Å². The predicted octanol–water partition coefficient (Wildman–Crippen LogP) is -0.361. The summed E-state index contributed by atoms with van der Waals surface area (Å²) in [5.74, 6) is 0.905. The van der Waals surface area contributed by atoms with E-state index in [0.717, 1.165) is 25.9 Å². The average Bonchev–Trinajstić information content (AvgIpc) is 3.29. The Morgan fingerprint density at radius 3 is 1.21 bits per heavy atom. The number of Topliss-reactive ketones (excluding diaryl/α,β-unsaturated/α-hetero) is 2. The van der Waals surface area contributed by atoms with Gasteiger partial charge >= 0.3 is 0 Å². The van der Waals surface area contributed by atoms with Crippen molar-refractivity contribution in [3.8, 4) is 0 Å². The average molecular weight is 628 g/mol. The van der Waals surface area contributed by atoms with Crippen molar-refractivity contribution >= 4 is 27.3 Å². The molecular formula is C24H52B2N4O2Y2+2. The largest absolute Gasteiger partial charge is 0.323 e. The Hall–Kier alpha value is 1.52. The van der Waals surface area contributed by atoms with E-state index in [9.17, 15) is 9.59 Å². The number of carbonyl (C=O) groups excluding carboxylic acids is 2. The van der Waals surface area contributed by atoms with Gasteiger partial charge in [-0.3, -0.25) is 9.59 Å². The number of carbonyl (C=O) groups is 2. The molecule has 0 amide bonds. The van der Waals surface area contributed by atoms with E-state index in [0.29, 0.717) is 24.2 Å². The molecule has 10 heteroatoms. The fourth-order valence-corrected chi connectivity index (χ4v) is 4.97. The zero-order chi connectivity index (χ0) is 23.2. The van der Waals surface area contributed by atoms with Crippen LogP contribution in [0.2, 0.25) is 11.6 Å². The van der Waals surface area contributed by atoms with Crippen LogP contribution in [0.15, 0.2) is 0 Å². The van der Waals surface area contributed by atoms with Crippen molar-refractivity contribution in [3.63, 3.8) is 0 Å². The van der Waals surface area contributed by atoms with Crippen LogP contribution in [0, 0.1) is 0 Å². The summed E-state index contributed by atoms with van der Waals surface area (Å²) in [4.78, 5) is 25.7. The molecule has 6 radical (unpaired) electrons. The number of nitrogens with one attached hydrogen (secondary N) is 4. The van der Waals surface area contributed by atoms with Crippen molar-refractivity contribution in [2.75, 3.05) is 27.2 Å². The first-order valence-corrected chi connectivity index (χ1v) is 11.5. The molecule has 0 bridgehead atoms. The zero-order valence-electron chi connectivity index (χ0n) is 21.6. The van der Waals surface area contributed by atoms with Crippen LogP contribution in [0.25, 0.3) is 0 Å². The van der Waals surface area contributed by atoms with E-state index >= 15 is 0 Å². The molecule has 2 aliphatic heterocycles. The van der Waals surface area contributed by atoms with E-state index in [-0.39, 0.29) is 116 Å². The van der Waals surface area contributed by atoms with Gasteiger partial charge in [0.1, 0.15) is 24.2 Å². The molecule has 2 heterocycles. The van der Waals surface area contributed by atoms with Crippen LogP contribution in [-0.2, 0) is 75.0 Å². The minimum atomic E-state index is 0. The summed E-state index contributed by atoms with van der Waals surface area (Å²) in [5, 5.41) is 6.49. The fourth-order valence-electron chi connectivity index (χ4n) is 4.97. The summed E-state index contributed by atoms with van der Waals surface area (Å²) in [7, 11) is 15.8. The van der Waals surface area contributed by atoms with Crippen LogP contribution in [-0.4, -0.2) is 90.7 Å². The van der Waals surface area contributed by atoms with Crippen LogP contribution >= 0.6 is 0 Å². The molecule has 6 nitrogen and oxygen atoms in total. The topological polar surface area (TPSA) is 67.1 Å². The second-order valence-corrected chi connectivity index (χ2v) is 9.61. The quantitative estimate of drug-likeness (QED) is 0.278. The van der Waals surface area contributed by atoms with Gasteiger partial charge in [-0.2, -0.15) is 0 Å². The summed E-state index contributed by atoms with van der Waals surface area (Å²) < 4.78 is 0. The van der Waals surface area contributed by atoms with E-state index in [4.69, 9.17) is 15.7 Å². The maximum absolute atomic E-state index is 11.5. The van der Waals surface area contributed by atoms with Gasteiger partial charge in [-0.05, 0) is 53.4 Å². The molecule has 6 unspecified atom stereocenters. The molecule has 0 aromatic rings. The van der Waals surface area contributed by atoms with Crippen molar-refractivity contribution in [2.45, 2.75) is 117 Å². The van der Waals surface area contributed by atoms with Crippen molar-refractivity contribution in [1.82, 2.24) is 10.6 Å². The van der Waals surface area contributed by atoms with Crippen LogP contribution in [0.3, 0.4) is 0 Å². The number of likely N-dealkylation sites (N-methyl/N-ethyl adjacent to an activating group) is 2. The van der Waals surface area contributed by atoms with Crippen molar-refractivity contribution < 1.29 is 84.8 Å². The first kappa shape index (κ1) is 42.6. The molecule has 2 fully saturated rings. The Labute approximate surface area is 264 Å². The van der Waals surface area contributed by atoms with Gasteiger partial charge in [0.25, 0.3) is 0 Å². The monoisotopic (exact) mass is 628 g/mol. The van der Waals surface area contributed by atoms with Crippen molar-refractivity contribution in [1.29, 1.82) is 0 Å². The Morgan fingerprint density at radius 1 is 0.735 bits per heavy atom. The number of ketones is 2. The van der Waals surface area contributed by atoms with Crippen LogP contribution in [0.5, 0.6) is 0 Å². The second-order valence-electron chi connectivity index (χ2n) is 9.61. The van der Waals surface area contributed by atoms with Crippen LogP contribution in [0.4, 0.5) is 0 Å². The standard InChI is InChI=1S/2C11H21BN2O.2CH4.2Y/c2*1-7(13-4)8(2)14-6-10(12)5-11(14)9(3)15;;;;/h2*7-8,10-11,13H,5-6H2,1-4H3;2*1H4;;/p+2/t2*7?,8?,10-,11-;;;;/m10..../s1. The Bertz CT molecular complexity index is 529. The molecule has 34 heavy (non-hydrogen) atoms. The van der Waals surface area contributed by atoms with E-state index in [1.807, 2.05) is 14.1 Å². The molecular weight excluding hydrogens is 576 g/mol. The smallest absolute Gasteiger partial charge is 0.186 e. The molecule has 2 rings (SSSR count). The molecule has 2 saturated heterocycles. The number of likely N-dealkylation sites (tertiary alicyclic amines) is 2. The van der Waals surface area contributed by atoms with Crippen molar-refractivity contribution in [3.05, 3.63) is 0 Å². The van der Waals surface area contributed by atoms with E-state index in [2.05, 4.69) is 38.3 Å². The minimum Gasteiger partial charge on any atom is -0.323 e. The van der Waals surface area contributed by atoms with Gasteiger partial charge in [0.2, 0.25) is 0 Å². The number of quaternary nitrogens is 2. The van der Waals surface area contributed by atoms with Crippen LogP contribution < -0.4 is 20.4 Å². The van der Waals surface area contributed by atoms with Crippen LogP contribution in [0.1, 0.15) is 69.2 Å². The number of hydrogen-bond acceptors (Lipinski definition) is 4. The normalized spacial score (nSPS) is 30.9. The number of hydrogen-bond donors (Lipinski definition) is 4. The molecule has 4 N–H and O–H groups in total. The van der Waals surface area contributed by atoms with E-state index in [1.165, 1.54) is 9.80 Å². The number of rotatable bonds is 8. The van der Waals surface area contributed by atoms with Gasteiger partial charge in [0.15, 0.2) is 11.6 Å². The van der Waals surface area contributed by atoms with Gasteiger partial charge in [0.05, 0.1) is 40.9 Å². The second kappa shape index (κ2) is 20.5. The summed E-state index contributed by atoms with van der Waals surface area (Å²) in [6, 6.07) is 1.88. The van der Waals surface area contributed by atoms with Gasteiger partial charge < -0.3 is 20.4 Å². The van der Waals surface area contributed by atoms with Crippen molar-refractivity contribution in [2.24, 2.45) is 0 Å². The molecule has 0 saturated carbocycles. The maximum atomic E-state index is 11.5. The molecule has 0 aromatic heterocycles. The van der Waals surface area contributed by atoms with Gasteiger partial charge in [0, 0.05) is 92.1 Å². The molecule has 10 atom stereocenters. The molecule has 0 aliphatic carbocycles. The molecule has 190 valence electrons. The SMILES string of the molecule is C.C.[B][C@@H]1C[C@H](C(C)=O)[NH+](C(C)C(C)NC)C1.[B][C@H]1C[C@@H](C(C)=O)[NH+](C(C)C(C)NC)C1.[Y].[Y]. The van der Waals surface area contributed by atoms with Gasteiger partial charge in [-0.25, -0.2) is 0 Å². The molecule has 2 aliphatic rings. The maximum Gasteiger partial charge on any atom is 0.186 e. The van der Waals surface area contributed by atoms with E-state index < -0.39 is 0 Å². The van der Waals surface area contributed by atoms with E-state index in [1.54, 1.807) is 13.8 Å². The minimum absolute atomic E-state index is 0. The predicted molar refractivity (Wildman–Crippen MR) is 138 cm³/mol. The Kier molecular flexibility index (Phi) is 25.7. The summed E-state index contributed by atoms with van der Waals surface area (Å²) >= 11 is 0. The molecule has 0 spiro atoms. The fraction of sp³-hybridized carbons (Fsp3) is 0.917. The third-order valence-electron chi connectivity index (χ3n) is 7.53. The Morgan fingerprint density at radius 2 is 1.00 bits per heavy atom. The first-order chi connectivity index (χ1) is 13.9. The zero-order valence-corrected chi connectivity index (χ0v) is 27.2. The summed E-state index contributed by atoms with van der Waals surface area (Å²) in [6.45, 7) is 13.9. The van der Waals surface area contributed by atoms with Gasteiger partial charge in [-0.1, -0.05) is 14.9 Å². The molecule has 0 aromatic carbocycles. The first-order valence-electron chi connectivity index (χ1n) is 11.5. The summed E-state index contributed by atoms with van der Waals surface area (Å²) in [6.07, 6.45) is 1.68. The summed E-state index contributed by atoms with van der Waals surface area (Å²) in [5.41, 5.74) is 0. The third kappa shape index (κ3) is 12.4.